The molecule has 0 saturated heterocycles. The molecule has 0 aliphatic carbocycles. The van der Waals surface area contributed by atoms with Crippen LogP contribution in [0.25, 0.3) is 0 Å². The molecule has 2 aromatic carbocycles. The van der Waals surface area contributed by atoms with Crippen molar-refractivity contribution in [2.24, 2.45) is 5.92 Å². The lowest BCUT2D eigenvalue weighted by atomic mass is 10.1. The number of ether oxygens (including phenoxy) is 1. The lowest BCUT2D eigenvalue weighted by molar-refractivity contribution is -0.140. The molecule has 0 aromatic heterocycles. The molecule has 1 atom stereocenters. The van der Waals surface area contributed by atoms with Crippen molar-refractivity contribution in [3.8, 4) is 5.75 Å². The van der Waals surface area contributed by atoms with Crippen molar-refractivity contribution in [2.45, 2.75) is 39.8 Å². The summed E-state index contributed by atoms with van der Waals surface area (Å²) in [5.41, 5.74) is 0.458. The third kappa shape index (κ3) is 7.91. The van der Waals surface area contributed by atoms with Gasteiger partial charge in [0.25, 0.3) is 0 Å². The van der Waals surface area contributed by atoms with Gasteiger partial charge in [-0.1, -0.05) is 32.9 Å². The molecule has 2 aromatic rings. The Hall–Kier alpha value is -3.21. The van der Waals surface area contributed by atoms with Crippen LogP contribution in [-0.2, 0) is 26.2 Å². The molecule has 2 rings (SSSR count). The normalized spacial score (nSPS) is 12.2. The molecular weight excluding hydrogens is 492 g/mol. The van der Waals surface area contributed by atoms with Crippen LogP contribution in [0.4, 0.5) is 14.5 Å². The largest absolute Gasteiger partial charge is 0.497 e. The molecule has 0 fully saturated rings. The average molecular weight is 526 g/mol. The summed E-state index contributed by atoms with van der Waals surface area (Å²) in [5.74, 6) is -2.71. The number of anilines is 1. The Morgan fingerprint density at radius 2 is 1.78 bits per heavy atom. The van der Waals surface area contributed by atoms with E-state index >= 15 is 0 Å². The quantitative estimate of drug-likeness (QED) is 0.459. The second-order valence-electron chi connectivity index (χ2n) is 8.80. The highest BCUT2D eigenvalue weighted by Gasteiger charge is 2.32. The molecule has 0 heterocycles. The first-order chi connectivity index (χ1) is 16.9. The van der Waals surface area contributed by atoms with Crippen molar-refractivity contribution < 1.29 is 31.5 Å². The van der Waals surface area contributed by atoms with Crippen LogP contribution < -0.4 is 14.4 Å². The maximum Gasteiger partial charge on any atom is 0.244 e. The van der Waals surface area contributed by atoms with Crippen molar-refractivity contribution >= 4 is 27.5 Å². The minimum absolute atomic E-state index is 0.000973. The maximum atomic E-state index is 13.9. The fourth-order valence-electron chi connectivity index (χ4n) is 3.56. The zero-order chi connectivity index (χ0) is 27.0. The molecule has 0 unspecified atom stereocenters. The van der Waals surface area contributed by atoms with Crippen LogP contribution >= 0.6 is 0 Å². The number of hydrogen-bond acceptors (Lipinski definition) is 5. The molecule has 0 aliphatic rings. The smallest absolute Gasteiger partial charge is 0.244 e. The highest BCUT2D eigenvalue weighted by molar-refractivity contribution is 7.92. The van der Waals surface area contributed by atoms with Crippen molar-refractivity contribution in [2.75, 3.05) is 30.8 Å². The van der Waals surface area contributed by atoms with Gasteiger partial charge in [-0.05, 0) is 42.2 Å². The van der Waals surface area contributed by atoms with Crippen LogP contribution in [0, 0.1) is 17.6 Å². The number of methoxy groups -OCH3 is 1. The van der Waals surface area contributed by atoms with Crippen molar-refractivity contribution in [1.29, 1.82) is 0 Å². The van der Waals surface area contributed by atoms with E-state index in [0.717, 1.165) is 18.4 Å². The van der Waals surface area contributed by atoms with Crippen molar-refractivity contribution in [3.05, 3.63) is 59.7 Å². The first kappa shape index (κ1) is 29.0. The molecule has 0 spiro atoms. The Morgan fingerprint density at radius 1 is 1.08 bits per heavy atom. The van der Waals surface area contributed by atoms with Crippen LogP contribution in [0.1, 0.15) is 32.8 Å². The Labute approximate surface area is 211 Å². The summed E-state index contributed by atoms with van der Waals surface area (Å²) < 4.78 is 58.3. The van der Waals surface area contributed by atoms with Gasteiger partial charge < -0.3 is 15.0 Å². The van der Waals surface area contributed by atoms with E-state index in [4.69, 9.17) is 4.74 Å². The third-order valence-electron chi connectivity index (χ3n) is 5.43. The predicted octanol–water partition coefficient (Wildman–Crippen LogP) is 3.32. The van der Waals surface area contributed by atoms with E-state index in [1.807, 2.05) is 13.8 Å². The molecule has 0 radical (unpaired) electrons. The molecule has 36 heavy (non-hydrogen) atoms. The van der Waals surface area contributed by atoms with Gasteiger partial charge >= 0.3 is 0 Å². The first-order valence-corrected chi connectivity index (χ1v) is 13.3. The fraction of sp³-hybridized carbons (Fsp3) is 0.440. The van der Waals surface area contributed by atoms with Crippen LogP contribution in [0.15, 0.2) is 42.5 Å². The third-order valence-corrected chi connectivity index (χ3v) is 6.57. The number of nitrogens with one attached hydrogen (secondary N) is 1. The second kappa shape index (κ2) is 12.7. The minimum Gasteiger partial charge on any atom is -0.497 e. The molecule has 0 aliphatic heterocycles. The number of nitrogens with zero attached hydrogens (tertiary/aromatic N) is 2. The van der Waals surface area contributed by atoms with Gasteiger partial charge in [0.1, 0.15) is 18.3 Å². The van der Waals surface area contributed by atoms with Gasteiger partial charge in [0.05, 0.1) is 19.1 Å². The Kier molecular flexibility index (Phi) is 10.2. The second-order valence-corrected chi connectivity index (χ2v) is 10.7. The summed E-state index contributed by atoms with van der Waals surface area (Å²) in [7, 11) is -2.56. The molecule has 1 N–H and O–H groups in total. The van der Waals surface area contributed by atoms with Crippen molar-refractivity contribution in [3.63, 3.8) is 0 Å². The maximum absolute atomic E-state index is 13.9. The zero-order valence-corrected chi connectivity index (χ0v) is 21.9. The van der Waals surface area contributed by atoms with Gasteiger partial charge in [-0.25, -0.2) is 17.2 Å². The highest BCUT2D eigenvalue weighted by Crippen LogP contribution is 2.22. The number of carbonyl (C=O) groups excluding carboxylic acids is 2. The predicted molar refractivity (Wildman–Crippen MR) is 134 cm³/mol. The monoisotopic (exact) mass is 525 g/mol. The van der Waals surface area contributed by atoms with E-state index in [0.29, 0.717) is 28.2 Å². The van der Waals surface area contributed by atoms with Crippen LogP contribution in [-0.4, -0.2) is 57.6 Å². The average Bonchev–Trinajstić information content (AvgIpc) is 2.82. The highest BCUT2D eigenvalue weighted by atomic mass is 32.2. The van der Waals surface area contributed by atoms with Gasteiger partial charge in [-0.15, -0.1) is 0 Å². The Bertz CT molecular complexity index is 1170. The molecule has 2 amide bonds. The van der Waals surface area contributed by atoms with Gasteiger partial charge in [-0.3, -0.25) is 13.9 Å². The lowest BCUT2D eigenvalue weighted by Gasteiger charge is -2.33. The number of carbonyl (C=O) groups is 2. The summed E-state index contributed by atoms with van der Waals surface area (Å²) in [6, 6.07) is 8.61. The SMILES string of the molecule is CC[C@H](C(=O)NCC(C)C)N(Cc1cccc(OC)c1)C(=O)CN(c1ccc(F)c(F)c1)S(C)(=O)=O. The summed E-state index contributed by atoms with van der Waals surface area (Å²) in [5, 5.41) is 2.83. The summed E-state index contributed by atoms with van der Waals surface area (Å²) in [6.07, 6.45) is 1.13. The van der Waals surface area contributed by atoms with E-state index in [1.54, 1.807) is 31.2 Å². The number of hydrogen-bond donors (Lipinski definition) is 1. The molecular formula is C25H33F2N3O5S. The lowest BCUT2D eigenvalue weighted by Crippen LogP contribution is -2.52. The molecule has 198 valence electrons. The van der Waals surface area contributed by atoms with Crippen LogP contribution in [0.3, 0.4) is 0 Å². The summed E-state index contributed by atoms with van der Waals surface area (Å²) >= 11 is 0. The van der Waals surface area contributed by atoms with E-state index in [-0.39, 0.29) is 30.5 Å². The van der Waals surface area contributed by atoms with E-state index in [1.165, 1.54) is 12.0 Å². The van der Waals surface area contributed by atoms with Gasteiger partial charge in [0.2, 0.25) is 21.8 Å². The standard InChI is InChI=1S/C25H33F2N3O5S/c1-6-23(25(32)28-14-17(2)3)29(15-18-8-7-9-20(12-18)35-4)24(31)16-30(36(5,33)34)19-10-11-21(26)22(27)13-19/h7-13,17,23H,6,14-16H2,1-5H3,(H,28,32)/t23-/m1/s1. The van der Waals surface area contributed by atoms with E-state index in [9.17, 15) is 26.8 Å². The molecule has 0 saturated carbocycles. The Morgan fingerprint density at radius 3 is 2.33 bits per heavy atom. The first-order valence-electron chi connectivity index (χ1n) is 11.5. The van der Waals surface area contributed by atoms with Crippen LogP contribution in [0.5, 0.6) is 5.75 Å². The van der Waals surface area contributed by atoms with Gasteiger partial charge in [0, 0.05) is 19.2 Å². The van der Waals surface area contributed by atoms with Gasteiger partial charge in [0.15, 0.2) is 11.6 Å². The number of benzene rings is 2. The molecule has 8 nitrogen and oxygen atoms in total. The number of halogens is 2. The number of sulfonamides is 1. The summed E-state index contributed by atoms with van der Waals surface area (Å²) in [6.45, 7) is 5.31. The minimum atomic E-state index is -4.06. The number of amides is 2. The van der Waals surface area contributed by atoms with Crippen molar-refractivity contribution in [1.82, 2.24) is 10.2 Å². The zero-order valence-electron chi connectivity index (χ0n) is 21.1. The number of rotatable bonds is 12. The summed E-state index contributed by atoms with van der Waals surface area (Å²) in [4.78, 5) is 27.9. The fourth-order valence-corrected chi connectivity index (χ4v) is 4.40. The van der Waals surface area contributed by atoms with E-state index in [2.05, 4.69) is 5.32 Å². The molecule has 0 bridgehead atoms. The van der Waals surface area contributed by atoms with Gasteiger partial charge in [-0.2, -0.15) is 0 Å². The topological polar surface area (TPSA) is 96.0 Å². The molecule has 11 heteroatoms. The van der Waals surface area contributed by atoms with E-state index < -0.39 is 40.2 Å². The van der Waals surface area contributed by atoms with Crippen LogP contribution in [0.2, 0.25) is 0 Å². The Balaban J connectivity index is 2.46.